The van der Waals surface area contributed by atoms with Crippen LogP contribution in [-0.4, -0.2) is 70.2 Å². The molecule has 1 aliphatic carbocycles. The molecular formula is C26H38N4O3S. The summed E-state index contributed by atoms with van der Waals surface area (Å²) in [7, 11) is 2.10. The molecule has 0 spiro atoms. The fourth-order valence-electron chi connectivity index (χ4n) is 4.48. The summed E-state index contributed by atoms with van der Waals surface area (Å²) in [6.45, 7) is 5.97. The fourth-order valence-corrected chi connectivity index (χ4v) is 5.29. The SMILES string of the molecule is CC(C)CC(C(=O)c1nnc(SCCN(C)CCc2ccccc2)o1)N(C=O)C1CCCCC1. The highest BCUT2D eigenvalue weighted by molar-refractivity contribution is 7.99. The second-order valence-corrected chi connectivity index (χ2v) is 10.7. The Kier molecular flexibility index (Phi) is 10.6. The Morgan fingerprint density at radius 2 is 1.88 bits per heavy atom. The van der Waals surface area contributed by atoms with E-state index in [1.807, 2.05) is 6.07 Å². The van der Waals surface area contributed by atoms with Gasteiger partial charge >= 0.3 is 0 Å². The lowest BCUT2D eigenvalue weighted by Crippen LogP contribution is -2.48. The number of rotatable bonds is 14. The molecule has 0 radical (unpaired) electrons. The number of hydrogen-bond donors (Lipinski definition) is 0. The van der Waals surface area contributed by atoms with E-state index in [2.05, 4.69) is 60.3 Å². The molecule has 0 aliphatic heterocycles. The van der Waals surface area contributed by atoms with Crippen molar-refractivity contribution in [2.45, 2.75) is 76.1 Å². The maximum atomic E-state index is 13.3. The molecule has 7 nitrogen and oxygen atoms in total. The van der Waals surface area contributed by atoms with Gasteiger partial charge in [-0.15, -0.1) is 10.2 Å². The van der Waals surface area contributed by atoms with Crippen molar-refractivity contribution in [2.75, 3.05) is 25.9 Å². The highest BCUT2D eigenvalue weighted by Crippen LogP contribution is 2.27. The van der Waals surface area contributed by atoms with Gasteiger partial charge in [-0.25, -0.2) is 0 Å². The summed E-state index contributed by atoms with van der Waals surface area (Å²) < 4.78 is 5.73. The summed E-state index contributed by atoms with van der Waals surface area (Å²) in [6, 6.07) is 10.0. The van der Waals surface area contributed by atoms with Crippen LogP contribution in [0.25, 0.3) is 0 Å². The molecule has 3 rings (SSSR count). The number of likely N-dealkylation sites (N-methyl/N-ethyl adjacent to an activating group) is 1. The number of amides is 1. The van der Waals surface area contributed by atoms with Gasteiger partial charge < -0.3 is 14.2 Å². The van der Waals surface area contributed by atoms with E-state index in [4.69, 9.17) is 4.42 Å². The largest absolute Gasteiger partial charge is 0.408 e. The molecule has 0 saturated heterocycles. The molecule has 2 aromatic rings. The number of nitrogens with zero attached hydrogens (tertiary/aromatic N) is 4. The van der Waals surface area contributed by atoms with Gasteiger partial charge in [0.15, 0.2) is 0 Å². The van der Waals surface area contributed by atoms with Crippen molar-refractivity contribution in [3.05, 3.63) is 41.8 Å². The summed E-state index contributed by atoms with van der Waals surface area (Å²) in [6.07, 6.45) is 7.72. The minimum Gasteiger partial charge on any atom is -0.408 e. The Balaban J connectivity index is 1.53. The van der Waals surface area contributed by atoms with E-state index in [0.29, 0.717) is 11.6 Å². The van der Waals surface area contributed by atoms with Crippen LogP contribution in [0.3, 0.4) is 0 Å². The Labute approximate surface area is 207 Å². The molecule has 1 aliphatic rings. The Hall–Kier alpha value is -2.19. The van der Waals surface area contributed by atoms with E-state index in [9.17, 15) is 9.59 Å². The zero-order chi connectivity index (χ0) is 24.3. The first-order valence-electron chi connectivity index (χ1n) is 12.4. The zero-order valence-corrected chi connectivity index (χ0v) is 21.5. The molecule has 1 atom stereocenters. The Bertz CT molecular complexity index is 883. The quantitative estimate of drug-likeness (QED) is 0.217. The minimum atomic E-state index is -0.553. The van der Waals surface area contributed by atoms with E-state index in [0.717, 1.165) is 57.4 Å². The molecule has 186 valence electrons. The van der Waals surface area contributed by atoms with E-state index in [-0.39, 0.29) is 23.6 Å². The molecule has 1 fully saturated rings. The number of carbonyl (C=O) groups is 2. The van der Waals surface area contributed by atoms with Crippen LogP contribution in [0.2, 0.25) is 0 Å². The van der Waals surface area contributed by atoms with Crippen molar-refractivity contribution in [2.24, 2.45) is 5.92 Å². The average Bonchev–Trinajstić information content (AvgIpc) is 3.32. The van der Waals surface area contributed by atoms with Gasteiger partial charge in [0, 0.05) is 24.9 Å². The number of Topliss-reactive ketones (excluding diaryl/α,β-unsaturated/α-hetero) is 1. The number of thioether (sulfide) groups is 1. The normalized spacial score (nSPS) is 15.6. The lowest BCUT2D eigenvalue weighted by Gasteiger charge is -2.36. The maximum absolute atomic E-state index is 13.3. The summed E-state index contributed by atoms with van der Waals surface area (Å²) in [5.74, 6) is 0.820. The topological polar surface area (TPSA) is 79.5 Å². The molecule has 1 aromatic heterocycles. The van der Waals surface area contributed by atoms with E-state index >= 15 is 0 Å². The van der Waals surface area contributed by atoms with Gasteiger partial charge in [0.05, 0.1) is 0 Å². The van der Waals surface area contributed by atoms with E-state index < -0.39 is 6.04 Å². The van der Waals surface area contributed by atoms with E-state index in [1.54, 1.807) is 4.90 Å². The van der Waals surface area contributed by atoms with Gasteiger partial charge in [0.25, 0.3) is 11.1 Å². The van der Waals surface area contributed by atoms with Crippen LogP contribution >= 0.6 is 11.8 Å². The van der Waals surface area contributed by atoms with Gasteiger partial charge in [0.1, 0.15) is 6.04 Å². The molecule has 0 bridgehead atoms. The molecular weight excluding hydrogens is 448 g/mol. The minimum absolute atomic E-state index is 0.00763. The number of hydrogen-bond acceptors (Lipinski definition) is 7. The van der Waals surface area contributed by atoms with Crippen molar-refractivity contribution in [3.8, 4) is 0 Å². The van der Waals surface area contributed by atoms with Crippen molar-refractivity contribution in [1.29, 1.82) is 0 Å². The number of aromatic nitrogens is 2. The molecule has 1 heterocycles. The molecule has 1 unspecified atom stereocenters. The lowest BCUT2D eigenvalue weighted by atomic mass is 9.91. The highest BCUT2D eigenvalue weighted by atomic mass is 32.2. The molecule has 1 saturated carbocycles. The van der Waals surface area contributed by atoms with E-state index in [1.165, 1.54) is 23.7 Å². The summed E-state index contributed by atoms with van der Waals surface area (Å²) in [4.78, 5) is 29.3. The van der Waals surface area contributed by atoms with Crippen LogP contribution in [0, 0.1) is 5.92 Å². The van der Waals surface area contributed by atoms with Crippen LogP contribution in [0.4, 0.5) is 0 Å². The summed E-state index contributed by atoms with van der Waals surface area (Å²) in [5, 5.41) is 8.52. The Morgan fingerprint density at radius 1 is 1.15 bits per heavy atom. The molecule has 1 aromatic carbocycles. The predicted octanol–water partition coefficient (Wildman–Crippen LogP) is 4.72. The van der Waals surface area contributed by atoms with Crippen LogP contribution in [0.15, 0.2) is 40.0 Å². The number of carbonyl (C=O) groups excluding carboxylic acids is 2. The van der Waals surface area contributed by atoms with Crippen molar-refractivity contribution < 1.29 is 14.0 Å². The van der Waals surface area contributed by atoms with Crippen molar-refractivity contribution in [3.63, 3.8) is 0 Å². The number of ketones is 1. The third-order valence-electron chi connectivity index (χ3n) is 6.42. The van der Waals surface area contributed by atoms with Gasteiger partial charge in [-0.2, -0.15) is 0 Å². The summed E-state index contributed by atoms with van der Waals surface area (Å²) >= 11 is 1.46. The van der Waals surface area contributed by atoms with Gasteiger partial charge in [-0.3, -0.25) is 9.59 Å². The van der Waals surface area contributed by atoms with Crippen LogP contribution in [-0.2, 0) is 11.2 Å². The van der Waals surface area contributed by atoms with Crippen molar-refractivity contribution >= 4 is 24.0 Å². The first kappa shape index (κ1) is 26.4. The predicted molar refractivity (Wildman–Crippen MR) is 135 cm³/mol. The molecule has 1 amide bonds. The summed E-state index contributed by atoms with van der Waals surface area (Å²) in [5.41, 5.74) is 1.33. The standard InChI is InChI=1S/C26H38N4O3S/c1-20(2)18-23(30(19-31)22-12-8-5-9-13-22)24(32)25-27-28-26(33-25)34-17-16-29(3)15-14-21-10-6-4-7-11-21/h4,6-7,10-11,19-20,22-23H,5,8-9,12-18H2,1-3H3. The second-order valence-electron chi connectivity index (χ2n) is 9.61. The van der Waals surface area contributed by atoms with Crippen LogP contribution in [0.1, 0.15) is 68.6 Å². The third-order valence-corrected chi connectivity index (χ3v) is 7.21. The molecule has 0 N–H and O–H groups in total. The molecule has 34 heavy (non-hydrogen) atoms. The van der Waals surface area contributed by atoms with Crippen LogP contribution in [0.5, 0.6) is 0 Å². The fraction of sp³-hybridized carbons (Fsp3) is 0.615. The Morgan fingerprint density at radius 3 is 2.56 bits per heavy atom. The smallest absolute Gasteiger partial charge is 0.286 e. The average molecular weight is 487 g/mol. The maximum Gasteiger partial charge on any atom is 0.286 e. The molecule has 8 heteroatoms. The number of benzene rings is 1. The third kappa shape index (κ3) is 7.94. The first-order valence-corrected chi connectivity index (χ1v) is 13.4. The monoisotopic (exact) mass is 486 g/mol. The second kappa shape index (κ2) is 13.6. The van der Waals surface area contributed by atoms with Crippen LogP contribution < -0.4 is 0 Å². The van der Waals surface area contributed by atoms with Gasteiger partial charge in [0.2, 0.25) is 12.2 Å². The van der Waals surface area contributed by atoms with Gasteiger partial charge in [-0.05, 0) is 44.2 Å². The van der Waals surface area contributed by atoms with Gasteiger partial charge in [-0.1, -0.05) is 75.2 Å². The highest BCUT2D eigenvalue weighted by Gasteiger charge is 2.35. The zero-order valence-electron chi connectivity index (χ0n) is 20.7. The first-order chi connectivity index (χ1) is 16.5. The lowest BCUT2D eigenvalue weighted by molar-refractivity contribution is -0.122. The van der Waals surface area contributed by atoms with Crippen molar-refractivity contribution in [1.82, 2.24) is 20.0 Å².